The van der Waals surface area contributed by atoms with Crippen LogP contribution >= 0.6 is 0 Å². The summed E-state index contributed by atoms with van der Waals surface area (Å²) in [7, 11) is 0. The molecule has 3 nitrogen and oxygen atoms in total. The molecule has 3 N–H and O–H groups in total. The van der Waals surface area contributed by atoms with Gasteiger partial charge in [0.15, 0.2) is 0 Å². The molecule has 0 fully saturated rings. The maximum Gasteiger partial charge on any atom is 0.119 e. The van der Waals surface area contributed by atoms with Crippen molar-refractivity contribution in [1.29, 1.82) is 5.41 Å². The van der Waals surface area contributed by atoms with Crippen molar-refractivity contribution >= 4 is 5.84 Å². The van der Waals surface area contributed by atoms with Crippen molar-refractivity contribution < 1.29 is 4.74 Å². The van der Waals surface area contributed by atoms with Crippen molar-refractivity contribution in [3.63, 3.8) is 0 Å². The first-order valence-corrected chi connectivity index (χ1v) is 4.77. The second-order valence-electron chi connectivity index (χ2n) is 3.10. The zero-order valence-corrected chi connectivity index (χ0v) is 8.42. The highest BCUT2D eigenvalue weighted by Crippen LogP contribution is 2.12. The molecule has 0 atom stereocenters. The third-order valence-electron chi connectivity index (χ3n) is 1.92. The van der Waals surface area contributed by atoms with Gasteiger partial charge in [-0.1, -0.05) is 12.1 Å². The van der Waals surface area contributed by atoms with E-state index in [4.69, 9.17) is 15.9 Å². The van der Waals surface area contributed by atoms with Gasteiger partial charge in [0.25, 0.3) is 0 Å². The Morgan fingerprint density at radius 2 is 2.00 bits per heavy atom. The Hall–Kier alpha value is -1.51. The van der Waals surface area contributed by atoms with E-state index >= 15 is 0 Å². The molecule has 0 amide bonds. The van der Waals surface area contributed by atoms with Gasteiger partial charge in [0.1, 0.15) is 5.75 Å². The average Bonchev–Trinajstić information content (AvgIpc) is 2.17. The van der Waals surface area contributed by atoms with Gasteiger partial charge in [-0.15, -0.1) is 0 Å². The molecule has 0 aliphatic heterocycles. The predicted octanol–water partition coefficient (Wildman–Crippen LogP) is 1.95. The molecule has 1 rings (SSSR count). The van der Waals surface area contributed by atoms with E-state index < -0.39 is 0 Å². The molecule has 0 heterocycles. The number of rotatable bonds is 5. The van der Waals surface area contributed by atoms with Gasteiger partial charge in [0, 0.05) is 6.42 Å². The molecule has 0 saturated heterocycles. The lowest BCUT2D eigenvalue weighted by atomic mass is 10.1. The Labute approximate surface area is 84.4 Å². The highest BCUT2D eigenvalue weighted by molar-refractivity contribution is 5.77. The van der Waals surface area contributed by atoms with Crippen LogP contribution in [0, 0.1) is 5.41 Å². The smallest absolute Gasteiger partial charge is 0.119 e. The van der Waals surface area contributed by atoms with Crippen LogP contribution in [-0.4, -0.2) is 12.4 Å². The van der Waals surface area contributed by atoms with Crippen molar-refractivity contribution in [2.24, 2.45) is 5.73 Å². The Balaban J connectivity index is 2.50. The van der Waals surface area contributed by atoms with Gasteiger partial charge in [-0.2, -0.15) is 0 Å². The summed E-state index contributed by atoms with van der Waals surface area (Å²) < 4.78 is 5.32. The van der Waals surface area contributed by atoms with Gasteiger partial charge in [-0.25, -0.2) is 0 Å². The van der Waals surface area contributed by atoms with E-state index in [1.807, 2.05) is 31.2 Å². The zero-order chi connectivity index (χ0) is 10.4. The van der Waals surface area contributed by atoms with Gasteiger partial charge in [-0.3, -0.25) is 5.41 Å². The first-order valence-electron chi connectivity index (χ1n) is 4.77. The largest absolute Gasteiger partial charge is 0.494 e. The van der Waals surface area contributed by atoms with Crippen LogP contribution in [0.25, 0.3) is 0 Å². The maximum absolute atomic E-state index is 7.10. The molecule has 1 aromatic rings. The van der Waals surface area contributed by atoms with Crippen molar-refractivity contribution in [1.82, 2.24) is 0 Å². The second-order valence-corrected chi connectivity index (χ2v) is 3.10. The minimum absolute atomic E-state index is 0.235. The van der Waals surface area contributed by atoms with E-state index in [2.05, 4.69) is 0 Å². The third kappa shape index (κ3) is 3.47. The van der Waals surface area contributed by atoms with Crippen LogP contribution in [0.4, 0.5) is 0 Å². The predicted molar refractivity (Wildman–Crippen MR) is 57.8 cm³/mol. The van der Waals surface area contributed by atoms with E-state index in [9.17, 15) is 0 Å². The fourth-order valence-electron chi connectivity index (χ4n) is 1.20. The fraction of sp³-hybridized carbons (Fsp3) is 0.364. The molecule has 0 bridgehead atoms. The van der Waals surface area contributed by atoms with Crippen LogP contribution in [0.3, 0.4) is 0 Å². The van der Waals surface area contributed by atoms with Crippen LogP contribution in [0.5, 0.6) is 5.75 Å². The molecule has 1 aromatic carbocycles. The monoisotopic (exact) mass is 192 g/mol. The Morgan fingerprint density at radius 3 is 2.50 bits per heavy atom. The first-order chi connectivity index (χ1) is 6.72. The third-order valence-corrected chi connectivity index (χ3v) is 1.92. The standard InChI is InChI=1S/C11H16N2O/c1-2-14-10-6-3-9(4-7-10)5-8-11(12)13/h3-4,6-7H,2,5,8H2,1H3,(H3,12,13). The molecular formula is C11H16N2O. The highest BCUT2D eigenvalue weighted by Gasteiger charge is 1.96. The van der Waals surface area contributed by atoms with E-state index in [1.165, 1.54) is 5.56 Å². The van der Waals surface area contributed by atoms with Gasteiger partial charge >= 0.3 is 0 Å². The number of ether oxygens (including phenoxy) is 1. The first kappa shape index (κ1) is 10.6. The van der Waals surface area contributed by atoms with Gasteiger partial charge in [-0.05, 0) is 31.0 Å². The molecular weight excluding hydrogens is 176 g/mol. The summed E-state index contributed by atoms with van der Waals surface area (Å²) in [6.07, 6.45) is 1.44. The topological polar surface area (TPSA) is 59.1 Å². The normalized spacial score (nSPS) is 9.79. The lowest BCUT2D eigenvalue weighted by Crippen LogP contribution is -2.10. The summed E-state index contributed by atoms with van der Waals surface area (Å²) >= 11 is 0. The number of amidine groups is 1. The highest BCUT2D eigenvalue weighted by atomic mass is 16.5. The van der Waals surface area contributed by atoms with E-state index in [0.29, 0.717) is 13.0 Å². The molecule has 0 aliphatic carbocycles. The van der Waals surface area contributed by atoms with Crippen LogP contribution in [0.1, 0.15) is 18.9 Å². The summed E-state index contributed by atoms with van der Waals surface area (Å²) in [5.74, 6) is 1.12. The molecule has 0 aliphatic rings. The van der Waals surface area contributed by atoms with Crippen molar-refractivity contribution in [3.8, 4) is 5.75 Å². The summed E-state index contributed by atoms with van der Waals surface area (Å²) in [5, 5.41) is 7.10. The molecule has 0 aromatic heterocycles. The minimum atomic E-state index is 0.235. The van der Waals surface area contributed by atoms with Gasteiger partial charge < -0.3 is 10.5 Å². The molecule has 0 saturated carbocycles. The Kier molecular flexibility index (Phi) is 3.98. The molecule has 3 heteroatoms. The Bertz CT molecular complexity index is 293. The number of hydrogen-bond acceptors (Lipinski definition) is 2. The van der Waals surface area contributed by atoms with Crippen LogP contribution in [0.2, 0.25) is 0 Å². The number of aryl methyl sites for hydroxylation is 1. The lowest BCUT2D eigenvalue weighted by Gasteiger charge is -2.04. The quantitative estimate of drug-likeness (QED) is 0.553. The molecule has 14 heavy (non-hydrogen) atoms. The summed E-state index contributed by atoms with van der Waals surface area (Å²) in [4.78, 5) is 0. The van der Waals surface area contributed by atoms with E-state index in [-0.39, 0.29) is 5.84 Å². The van der Waals surface area contributed by atoms with Gasteiger partial charge in [0.2, 0.25) is 0 Å². The average molecular weight is 192 g/mol. The number of nitrogens with one attached hydrogen (secondary N) is 1. The molecule has 76 valence electrons. The maximum atomic E-state index is 7.10. The number of nitrogens with two attached hydrogens (primary N) is 1. The molecule has 0 unspecified atom stereocenters. The van der Waals surface area contributed by atoms with Crippen molar-refractivity contribution in [3.05, 3.63) is 29.8 Å². The van der Waals surface area contributed by atoms with Crippen LogP contribution < -0.4 is 10.5 Å². The van der Waals surface area contributed by atoms with E-state index in [0.717, 1.165) is 12.2 Å². The Morgan fingerprint density at radius 1 is 1.36 bits per heavy atom. The summed E-state index contributed by atoms with van der Waals surface area (Å²) in [5.41, 5.74) is 6.46. The lowest BCUT2D eigenvalue weighted by molar-refractivity contribution is 0.340. The number of benzene rings is 1. The summed E-state index contributed by atoms with van der Waals surface area (Å²) in [6.45, 7) is 2.65. The van der Waals surface area contributed by atoms with Crippen molar-refractivity contribution in [2.75, 3.05) is 6.61 Å². The number of hydrogen-bond donors (Lipinski definition) is 2. The second kappa shape index (κ2) is 5.27. The molecule has 0 spiro atoms. The van der Waals surface area contributed by atoms with Crippen LogP contribution in [-0.2, 0) is 6.42 Å². The minimum Gasteiger partial charge on any atom is -0.494 e. The van der Waals surface area contributed by atoms with Crippen LogP contribution in [0.15, 0.2) is 24.3 Å². The van der Waals surface area contributed by atoms with E-state index in [1.54, 1.807) is 0 Å². The fourth-order valence-corrected chi connectivity index (χ4v) is 1.20. The van der Waals surface area contributed by atoms with Crippen molar-refractivity contribution in [2.45, 2.75) is 19.8 Å². The zero-order valence-electron chi connectivity index (χ0n) is 8.42. The SMILES string of the molecule is CCOc1ccc(CCC(=N)N)cc1. The summed E-state index contributed by atoms with van der Waals surface area (Å²) in [6, 6.07) is 7.90. The van der Waals surface area contributed by atoms with Gasteiger partial charge in [0.05, 0.1) is 12.4 Å². The molecule has 0 radical (unpaired) electrons.